The highest BCUT2D eigenvalue weighted by Crippen LogP contribution is 2.15. The first-order chi connectivity index (χ1) is 13.8. The summed E-state index contributed by atoms with van der Waals surface area (Å²) in [6, 6.07) is 28.6. The molecule has 0 radical (unpaired) electrons. The molecule has 3 N–H and O–H groups in total. The summed E-state index contributed by atoms with van der Waals surface area (Å²) < 4.78 is 0. The molecule has 6 heteroatoms. The van der Waals surface area contributed by atoms with Crippen molar-refractivity contribution in [3.63, 3.8) is 0 Å². The van der Waals surface area contributed by atoms with E-state index in [-0.39, 0.29) is 18.4 Å². The third-order valence-corrected chi connectivity index (χ3v) is 4.31. The zero-order valence-electron chi connectivity index (χ0n) is 15.6. The number of guanidine groups is 1. The first-order valence-corrected chi connectivity index (χ1v) is 8.91. The third kappa shape index (κ3) is 5.18. The summed E-state index contributed by atoms with van der Waals surface area (Å²) >= 11 is 0. The van der Waals surface area contributed by atoms with E-state index in [9.17, 15) is 0 Å². The van der Waals surface area contributed by atoms with Gasteiger partial charge < -0.3 is 5.73 Å². The quantitative estimate of drug-likeness (QED) is 0.296. The van der Waals surface area contributed by atoms with E-state index < -0.39 is 0 Å². The van der Waals surface area contributed by atoms with Crippen molar-refractivity contribution in [2.75, 3.05) is 0 Å². The predicted molar refractivity (Wildman–Crippen MR) is 125 cm³/mol. The molecule has 0 fully saturated rings. The number of nitrogens with one attached hydrogen (secondary N) is 1. The van der Waals surface area contributed by atoms with E-state index in [4.69, 9.17) is 5.73 Å². The van der Waals surface area contributed by atoms with Crippen molar-refractivity contribution in [3.8, 4) is 0 Å². The number of halogens is 1. The van der Waals surface area contributed by atoms with Crippen LogP contribution in [0.25, 0.3) is 21.5 Å². The average Bonchev–Trinajstić information content (AvgIpc) is 2.73. The molecule has 0 atom stereocenters. The number of nitrogens with zero attached hydrogens (tertiary/aromatic N) is 3. The first-order valence-electron chi connectivity index (χ1n) is 8.91. The fourth-order valence-electron chi connectivity index (χ4n) is 2.93. The molecular weight excluding hydrogens is 382 g/mol. The second-order valence-corrected chi connectivity index (χ2v) is 6.31. The van der Waals surface area contributed by atoms with Crippen LogP contribution in [0.1, 0.15) is 11.1 Å². The molecule has 144 valence electrons. The Morgan fingerprint density at radius 2 is 1.21 bits per heavy atom. The maximum Gasteiger partial charge on any atom is 0.234 e. The van der Waals surface area contributed by atoms with Gasteiger partial charge in [-0.1, -0.05) is 72.8 Å². The highest BCUT2D eigenvalue weighted by atomic mass is 35.5. The number of rotatable bonds is 4. The molecule has 0 saturated heterocycles. The van der Waals surface area contributed by atoms with Gasteiger partial charge in [-0.25, -0.2) is 5.43 Å². The Hall–Kier alpha value is -3.70. The van der Waals surface area contributed by atoms with Crippen molar-refractivity contribution in [1.82, 2.24) is 5.43 Å². The molecule has 4 aromatic rings. The van der Waals surface area contributed by atoms with Crippen molar-refractivity contribution >= 4 is 52.3 Å². The molecule has 0 unspecified atom stereocenters. The van der Waals surface area contributed by atoms with Gasteiger partial charge in [0.15, 0.2) is 0 Å². The maximum absolute atomic E-state index is 5.79. The van der Waals surface area contributed by atoms with Crippen molar-refractivity contribution in [2.45, 2.75) is 0 Å². The SMILES string of the molecule is Cl.NC(=NN=Cc1ccc2ccccc2c1)NN=Cc1ccc2ccccc2c1. The number of nitrogens with two attached hydrogens (primary N) is 1. The summed E-state index contributed by atoms with van der Waals surface area (Å²) in [7, 11) is 0. The van der Waals surface area contributed by atoms with E-state index in [0.29, 0.717) is 0 Å². The fourth-order valence-corrected chi connectivity index (χ4v) is 2.93. The van der Waals surface area contributed by atoms with E-state index in [1.807, 2.05) is 36.4 Å². The Kier molecular flexibility index (Phi) is 6.55. The van der Waals surface area contributed by atoms with Crippen LogP contribution in [0.2, 0.25) is 0 Å². The van der Waals surface area contributed by atoms with Gasteiger partial charge in [-0.15, -0.1) is 17.5 Å². The standard InChI is InChI=1S/C23H19N5.ClH/c24-23(27-25-15-17-9-11-19-5-1-3-7-21(19)13-17)28-26-16-18-10-12-20-6-2-4-8-22(20)14-18;/h1-16H,(H3,24,27,28);1H. The molecule has 0 spiro atoms. The molecule has 4 aromatic carbocycles. The molecular formula is C23H20ClN5. The number of hydrogen-bond donors (Lipinski definition) is 2. The Labute approximate surface area is 175 Å². The van der Waals surface area contributed by atoms with E-state index >= 15 is 0 Å². The van der Waals surface area contributed by atoms with Gasteiger partial charge in [0.2, 0.25) is 5.96 Å². The van der Waals surface area contributed by atoms with Gasteiger partial charge in [0, 0.05) is 0 Å². The topological polar surface area (TPSA) is 75.1 Å². The van der Waals surface area contributed by atoms with Crippen LogP contribution in [0.4, 0.5) is 0 Å². The minimum Gasteiger partial charge on any atom is -0.367 e. The Bertz CT molecular complexity index is 1210. The van der Waals surface area contributed by atoms with E-state index in [1.165, 1.54) is 10.8 Å². The summed E-state index contributed by atoms with van der Waals surface area (Å²) in [5.41, 5.74) is 10.4. The van der Waals surface area contributed by atoms with Crippen LogP contribution in [0.5, 0.6) is 0 Å². The lowest BCUT2D eigenvalue weighted by atomic mass is 10.1. The van der Waals surface area contributed by atoms with Crippen LogP contribution >= 0.6 is 12.4 Å². The van der Waals surface area contributed by atoms with Gasteiger partial charge in [-0.2, -0.15) is 10.2 Å². The molecule has 4 rings (SSSR count). The minimum atomic E-state index is 0. The molecule has 0 amide bonds. The Morgan fingerprint density at radius 3 is 1.79 bits per heavy atom. The third-order valence-electron chi connectivity index (χ3n) is 4.31. The van der Waals surface area contributed by atoms with Crippen LogP contribution in [0.3, 0.4) is 0 Å². The first kappa shape index (κ1) is 20.0. The number of benzene rings is 4. The molecule has 0 aliphatic carbocycles. The van der Waals surface area contributed by atoms with Crippen LogP contribution < -0.4 is 11.2 Å². The van der Waals surface area contributed by atoms with Gasteiger partial charge in [0.05, 0.1) is 12.4 Å². The normalized spacial score (nSPS) is 11.9. The Balaban J connectivity index is 0.00000240. The van der Waals surface area contributed by atoms with Crippen molar-refractivity contribution in [1.29, 1.82) is 0 Å². The zero-order chi connectivity index (χ0) is 19.2. The van der Waals surface area contributed by atoms with E-state index in [2.05, 4.69) is 69.3 Å². The van der Waals surface area contributed by atoms with E-state index in [1.54, 1.807) is 12.4 Å². The molecule has 0 heterocycles. The van der Waals surface area contributed by atoms with Gasteiger partial charge >= 0.3 is 0 Å². The molecule has 29 heavy (non-hydrogen) atoms. The summed E-state index contributed by atoms with van der Waals surface area (Å²) in [6.07, 6.45) is 3.36. The molecule has 0 saturated carbocycles. The van der Waals surface area contributed by atoms with E-state index in [0.717, 1.165) is 21.9 Å². The smallest absolute Gasteiger partial charge is 0.234 e. The lowest BCUT2D eigenvalue weighted by molar-refractivity contribution is 0.994. The monoisotopic (exact) mass is 401 g/mol. The lowest BCUT2D eigenvalue weighted by Crippen LogP contribution is -2.26. The number of hydrazone groups is 1. The van der Waals surface area contributed by atoms with Crippen molar-refractivity contribution in [3.05, 3.63) is 96.1 Å². The molecule has 0 aromatic heterocycles. The Morgan fingerprint density at radius 1 is 0.690 bits per heavy atom. The van der Waals surface area contributed by atoms with Crippen LogP contribution in [-0.2, 0) is 0 Å². The fraction of sp³-hybridized carbons (Fsp3) is 0. The summed E-state index contributed by atoms with van der Waals surface area (Å²) in [4.78, 5) is 0. The predicted octanol–water partition coefficient (Wildman–Crippen LogP) is 4.69. The van der Waals surface area contributed by atoms with Gasteiger partial charge in [0.25, 0.3) is 0 Å². The average molecular weight is 402 g/mol. The van der Waals surface area contributed by atoms with Gasteiger partial charge in [-0.3, -0.25) is 0 Å². The molecule has 5 nitrogen and oxygen atoms in total. The van der Waals surface area contributed by atoms with Gasteiger partial charge in [0.1, 0.15) is 0 Å². The zero-order valence-corrected chi connectivity index (χ0v) is 16.4. The molecule has 0 bridgehead atoms. The minimum absolute atomic E-state index is 0. The van der Waals surface area contributed by atoms with Crippen LogP contribution in [0.15, 0.2) is 100 Å². The number of fused-ring (bicyclic) bond motifs is 2. The van der Waals surface area contributed by atoms with Crippen molar-refractivity contribution < 1.29 is 0 Å². The van der Waals surface area contributed by atoms with Crippen LogP contribution in [0, 0.1) is 0 Å². The summed E-state index contributed by atoms with van der Waals surface area (Å²) in [6.45, 7) is 0. The van der Waals surface area contributed by atoms with Crippen LogP contribution in [-0.4, -0.2) is 18.4 Å². The van der Waals surface area contributed by atoms with Gasteiger partial charge in [-0.05, 0) is 44.8 Å². The second kappa shape index (κ2) is 9.48. The highest BCUT2D eigenvalue weighted by Gasteiger charge is 1.95. The lowest BCUT2D eigenvalue weighted by Gasteiger charge is -2.00. The number of hydrogen-bond acceptors (Lipinski definition) is 3. The summed E-state index contributed by atoms with van der Waals surface area (Å²) in [5.74, 6) is 0.120. The second-order valence-electron chi connectivity index (χ2n) is 6.31. The largest absolute Gasteiger partial charge is 0.367 e. The molecule has 0 aliphatic rings. The molecule has 0 aliphatic heterocycles. The maximum atomic E-state index is 5.79. The highest BCUT2D eigenvalue weighted by molar-refractivity contribution is 5.92. The van der Waals surface area contributed by atoms with Crippen molar-refractivity contribution in [2.24, 2.45) is 21.0 Å². The summed E-state index contributed by atoms with van der Waals surface area (Å²) in [5, 5.41) is 16.7.